The summed E-state index contributed by atoms with van der Waals surface area (Å²) in [6, 6.07) is 7.75. The molecule has 0 bridgehead atoms. The maximum atomic E-state index is 10.2. The molecule has 1 aromatic rings. The Morgan fingerprint density at radius 1 is 1.06 bits per heavy atom. The van der Waals surface area contributed by atoms with Crippen molar-refractivity contribution < 1.29 is 9.84 Å². The van der Waals surface area contributed by atoms with Crippen LogP contribution in [0, 0.1) is 5.92 Å². The molecule has 1 atom stereocenters. The predicted molar refractivity (Wildman–Crippen MR) is 66.6 cm³/mol. The second-order valence-corrected chi connectivity index (χ2v) is 4.02. The van der Waals surface area contributed by atoms with E-state index in [2.05, 4.69) is 13.8 Å². The Labute approximate surface area is 98.3 Å². The molecule has 0 aromatic heterocycles. The zero-order chi connectivity index (χ0) is 12.0. The summed E-state index contributed by atoms with van der Waals surface area (Å²) in [7, 11) is 0. The molecule has 0 aliphatic rings. The van der Waals surface area contributed by atoms with Crippen LogP contribution in [0.4, 0.5) is 0 Å². The van der Waals surface area contributed by atoms with E-state index in [1.54, 1.807) is 0 Å². The van der Waals surface area contributed by atoms with Crippen LogP contribution < -0.4 is 4.74 Å². The molecule has 0 aliphatic heterocycles. The Hall–Kier alpha value is -1.02. The molecule has 1 rings (SSSR count). The van der Waals surface area contributed by atoms with Gasteiger partial charge in [0.25, 0.3) is 0 Å². The summed E-state index contributed by atoms with van der Waals surface area (Å²) in [4.78, 5) is 0. The monoisotopic (exact) mass is 222 g/mol. The minimum absolute atomic E-state index is 0.345. The Bertz CT molecular complexity index is 288. The third-order valence-corrected chi connectivity index (χ3v) is 3.03. The van der Waals surface area contributed by atoms with Crippen molar-refractivity contribution in [1.82, 2.24) is 0 Å². The van der Waals surface area contributed by atoms with Crippen molar-refractivity contribution in [2.45, 2.75) is 39.7 Å². The first-order valence-corrected chi connectivity index (χ1v) is 6.13. The number of aliphatic hydroxyl groups is 1. The highest BCUT2D eigenvalue weighted by Crippen LogP contribution is 2.28. The second kappa shape index (κ2) is 6.54. The van der Waals surface area contributed by atoms with E-state index in [1.165, 1.54) is 0 Å². The molecule has 0 saturated heterocycles. The lowest BCUT2D eigenvalue weighted by Gasteiger charge is -2.20. The summed E-state index contributed by atoms with van der Waals surface area (Å²) >= 11 is 0. The minimum Gasteiger partial charge on any atom is -0.494 e. The van der Waals surface area contributed by atoms with Gasteiger partial charge in [0.15, 0.2) is 0 Å². The number of rotatable bonds is 6. The number of ether oxygens (including phenoxy) is 1. The summed E-state index contributed by atoms with van der Waals surface area (Å²) < 4.78 is 5.37. The zero-order valence-electron chi connectivity index (χ0n) is 10.4. The zero-order valence-corrected chi connectivity index (χ0v) is 10.4. The largest absolute Gasteiger partial charge is 0.494 e. The molecule has 1 unspecified atom stereocenters. The summed E-state index contributed by atoms with van der Waals surface area (Å²) in [5.41, 5.74) is 0.983. The Morgan fingerprint density at radius 3 is 2.06 bits per heavy atom. The molecule has 0 amide bonds. The summed E-state index contributed by atoms with van der Waals surface area (Å²) in [5.74, 6) is 1.21. The number of hydrogen-bond donors (Lipinski definition) is 1. The normalized spacial score (nSPS) is 12.8. The molecule has 0 spiro atoms. The van der Waals surface area contributed by atoms with E-state index in [0.29, 0.717) is 12.5 Å². The minimum atomic E-state index is -0.356. The van der Waals surface area contributed by atoms with Gasteiger partial charge >= 0.3 is 0 Å². The predicted octanol–water partition coefficient (Wildman–Crippen LogP) is 3.55. The van der Waals surface area contributed by atoms with Crippen molar-refractivity contribution in [2.75, 3.05) is 6.61 Å². The van der Waals surface area contributed by atoms with Crippen LogP contribution in [0.3, 0.4) is 0 Å². The van der Waals surface area contributed by atoms with Gasteiger partial charge in [0, 0.05) is 0 Å². The molecule has 0 aliphatic carbocycles. The van der Waals surface area contributed by atoms with Gasteiger partial charge in [-0.15, -0.1) is 0 Å². The van der Waals surface area contributed by atoms with Crippen LogP contribution in [0.25, 0.3) is 0 Å². The van der Waals surface area contributed by atoms with E-state index < -0.39 is 0 Å². The molecule has 0 fully saturated rings. The van der Waals surface area contributed by atoms with Gasteiger partial charge in [-0.25, -0.2) is 0 Å². The maximum Gasteiger partial charge on any atom is 0.119 e. The van der Waals surface area contributed by atoms with E-state index in [1.807, 2.05) is 31.2 Å². The summed E-state index contributed by atoms with van der Waals surface area (Å²) in [6.07, 6.45) is 1.65. The maximum absolute atomic E-state index is 10.2. The van der Waals surface area contributed by atoms with Crippen molar-refractivity contribution >= 4 is 0 Å². The average molecular weight is 222 g/mol. The number of benzene rings is 1. The molecule has 1 N–H and O–H groups in total. The van der Waals surface area contributed by atoms with Crippen LogP contribution in [0.1, 0.15) is 45.3 Å². The van der Waals surface area contributed by atoms with Crippen LogP contribution in [-0.4, -0.2) is 11.7 Å². The first-order chi connectivity index (χ1) is 7.72. The Kier molecular flexibility index (Phi) is 5.33. The van der Waals surface area contributed by atoms with Crippen molar-refractivity contribution in [3.8, 4) is 5.75 Å². The third kappa shape index (κ3) is 3.24. The molecular formula is C14H22O2. The van der Waals surface area contributed by atoms with E-state index in [-0.39, 0.29) is 6.10 Å². The Morgan fingerprint density at radius 2 is 1.62 bits per heavy atom. The van der Waals surface area contributed by atoms with Crippen LogP contribution in [0.2, 0.25) is 0 Å². The number of aliphatic hydroxyl groups excluding tert-OH is 1. The van der Waals surface area contributed by atoms with Crippen LogP contribution in [0.15, 0.2) is 24.3 Å². The highest BCUT2D eigenvalue weighted by Gasteiger charge is 2.17. The fourth-order valence-electron chi connectivity index (χ4n) is 1.94. The van der Waals surface area contributed by atoms with Crippen molar-refractivity contribution in [2.24, 2.45) is 5.92 Å². The average Bonchev–Trinajstić information content (AvgIpc) is 2.32. The first-order valence-electron chi connectivity index (χ1n) is 6.13. The van der Waals surface area contributed by atoms with Gasteiger partial charge in [-0.1, -0.05) is 38.8 Å². The summed E-state index contributed by atoms with van der Waals surface area (Å²) in [5, 5.41) is 10.2. The van der Waals surface area contributed by atoms with Gasteiger partial charge in [-0.3, -0.25) is 0 Å². The SMILES string of the molecule is CCOc1ccc(C(O)C(CC)CC)cc1. The first kappa shape index (κ1) is 13.0. The van der Waals surface area contributed by atoms with Gasteiger partial charge in [0.05, 0.1) is 12.7 Å². The fourth-order valence-corrected chi connectivity index (χ4v) is 1.94. The van der Waals surface area contributed by atoms with Crippen molar-refractivity contribution in [1.29, 1.82) is 0 Å². The van der Waals surface area contributed by atoms with Crippen molar-refractivity contribution in [3.63, 3.8) is 0 Å². The molecule has 0 saturated carbocycles. The van der Waals surface area contributed by atoms with Crippen molar-refractivity contribution in [3.05, 3.63) is 29.8 Å². The Balaban J connectivity index is 2.72. The van der Waals surface area contributed by atoms with Gasteiger partial charge in [-0.2, -0.15) is 0 Å². The van der Waals surface area contributed by atoms with Gasteiger partial charge in [-0.05, 0) is 30.5 Å². The molecule has 90 valence electrons. The smallest absolute Gasteiger partial charge is 0.119 e. The number of hydrogen-bond acceptors (Lipinski definition) is 2. The van der Waals surface area contributed by atoms with E-state index >= 15 is 0 Å². The van der Waals surface area contributed by atoms with Crippen LogP contribution in [0.5, 0.6) is 5.75 Å². The molecule has 1 aromatic carbocycles. The quantitative estimate of drug-likeness (QED) is 0.797. The highest BCUT2D eigenvalue weighted by atomic mass is 16.5. The highest BCUT2D eigenvalue weighted by molar-refractivity contribution is 5.28. The van der Waals surface area contributed by atoms with Gasteiger partial charge in [0.2, 0.25) is 0 Å². The van der Waals surface area contributed by atoms with Gasteiger partial charge < -0.3 is 9.84 Å². The molecule has 2 nitrogen and oxygen atoms in total. The fraction of sp³-hybridized carbons (Fsp3) is 0.571. The lowest BCUT2D eigenvalue weighted by Crippen LogP contribution is -2.10. The lowest BCUT2D eigenvalue weighted by atomic mass is 9.91. The van der Waals surface area contributed by atoms with Crippen LogP contribution >= 0.6 is 0 Å². The molecule has 16 heavy (non-hydrogen) atoms. The molecule has 0 radical (unpaired) electrons. The molecular weight excluding hydrogens is 200 g/mol. The second-order valence-electron chi connectivity index (χ2n) is 4.02. The molecule has 0 heterocycles. The lowest BCUT2D eigenvalue weighted by molar-refractivity contribution is 0.103. The van der Waals surface area contributed by atoms with Gasteiger partial charge in [0.1, 0.15) is 5.75 Å². The van der Waals surface area contributed by atoms with E-state index in [0.717, 1.165) is 24.2 Å². The third-order valence-electron chi connectivity index (χ3n) is 3.03. The summed E-state index contributed by atoms with van der Waals surface area (Å²) in [6.45, 7) is 6.87. The van der Waals surface area contributed by atoms with E-state index in [4.69, 9.17) is 4.74 Å². The van der Waals surface area contributed by atoms with E-state index in [9.17, 15) is 5.11 Å². The topological polar surface area (TPSA) is 29.5 Å². The molecule has 2 heteroatoms. The standard InChI is InChI=1S/C14H22O2/c1-4-11(5-2)14(15)12-7-9-13(10-8-12)16-6-3/h7-11,14-15H,4-6H2,1-3H3. The van der Waals surface area contributed by atoms with Crippen LogP contribution in [-0.2, 0) is 0 Å².